The Balaban J connectivity index is 2.23. The molecule has 0 radical (unpaired) electrons. The fourth-order valence-corrected chi connectivity index (χ4v) is 2.07. The van der Waals surface area contributed by atoms with Gasteiger partial charge in [-0.3, -0.25) is 15.2 Å². The van der Waals surface area contributed by atoms with Crippen LogP contribution in [0.3, 0.4) is 0 Å². The van der Waals surface area contributed by atoms with Crippen molar-refractivity contribution in [3.05, 3.63) is 58.1 Å². The van der Waals surface area contributed by atoms with E-state index in [0.717, 1.165) is 5.56 Å². The Morgan fingerprint density at radius 1 is 1.25 bits per heavy atom. The van der Waals surface area contributed by atoms with Gasteiger partial charge in [-0.1, -0.05) is 12.1 Å². The molecule has 0 bridgehead atoms. The molecule has 3 rings (SSSR count). The highest BCUT2D eigenvalue weighted by Crippen LogP contribution is 2.29. The predicted octanol–water partition coefficient (Wildman–Crippen LogP) is 3.01. The first-order chi connectivity index (χ1) is 9.69. The number of H-pyrrole nitrogens is 1. The Hall–Kier alpha value is -3.20. The first kappa shape index (κ1) is 11.9. The molecule has 0 aliphatic carbocycles. The highest BCUT2D eigenvalue weighted by Gasteiger charge is 2.13. The molecule has 0 aliphatic rings. The van der Waals surface area contributed by atoms with Crippen LogP contribution in [0.1, 0.15) is 5.56 Å². The summed E-state index contributed by atoms with van der Waals surface area (Å²) in [5.74, 6) is 0. The van der Waals surface area contributed by atoms with E-state index in [9.17, 15) is 10.1 Å². The second-order valence-corrected chi connectivity index (χ2v) is 4.25. The maximum Gasteiger partial charge on any atom is 0.270 e. The summed E-state index contributed by atoms with van der Waals surface area (Å²) in [4.78, 5) is 10.4. The minimum Gasteiger partial charge on any atom is -0.277 e. The maximum absolute atomic E-state index is 10.8. The second kappa shape index (κ2) is 4.48. The lowest BCUT2D eigenvalue weighted by Crippen LogP contribution is -1.87. The van der Waals surface area contributed by atoms with E-state index in [1.807, 2.05) is 6.07 Å². The molecule has 0 aliphatic heterocycles. The number of hydrogen-bond donors (Lipinski definition) is 1. The van der Waals surface area contributed by atoms with Crippen LogP contribution in [0.2, 0.25) is 0 Å². The minimum atomic E-state index is -0.443. The zero-order valence-corrected chi connectivity index (χ0v) is 10.2. The molecule has 0 amide bonds. The number of nitro groups is 1. The van der Waals surface area contributed by atoms with E-state index in [1.165, 1.54) is 12.1 Å². The number of nitrogens with zero attached hydrogens (tertiary/aromatic N) is 3. The highest BCUT2D eigenvalue weighted by atomic mass is 16.6. The average molecular weight is 264 g/mol. The van der Waals surface area contributed by atoms with Gasteiger partial charge in [-0.25, -0.2) is 0 Å². The fourth-order valence-electron chi connectivity index (χ4n) is 2.07. The van der Waals surface area contributed by atoms with Gasteiger partial charge in [0.15, 0.2) is 0 Å². The molecule has 1 heterocycles. The Labute approximate surface area is 113 Å². The van der Waals surface area contributed by atoms with Gasteiger partial charge in [0.25, 0.3) is 5.69 Å². The first-order valence-electron chi connectivity index (χ1n) is 5.82. The molecule has 6 nitrogen and oxygen atoms in total. The smallest absolute Gasteiger partial charge is 0.270 e. The Morgan fingerprint density at radius 2 is 2.10 bits per heavy atom. The van der Waals surface area contributed by atoms with Crippen LogP contribution in [0.5, 0.6) is 0 Å². The van der Waals surface area contributed by atoms with Gasteiger partial charge in [0.1, 0.15) is 5.69 Å². The number of non-ortho nitro benzene ring substituents is 1. The number of aromatic nitrogens is 2. The van der Waals surface area contributed by atoms with E-state index in [-0.39, 0.29) is 5.69 Å². The Kier molecular flexibility index (Phi) is 2.66. The topological polar surface area (TPSA) is 95.6 Å². The van der Waals surface area contributed by atoms with Crippen molar-refractivity contribution in [1.82, 2.24) is 10.2 Å². The molecule has 0 saturated heterocycles. The number of benzene rings is 2. The molecule has 6 heteroatoms. The van der Waals surface area contributed by atoms with Gasteiger partial charge in [-0.05, 0) is 18.2 Å². The summed E-state index contributed by atoms with van der Waals surface area (Å²) in [6, 6.07) is 13.6. The molecule has 0 atom stereocenters. The third kappa shape index (κ3) is 1.87. The van der Waals surface area contributed by atoms with Crippen molar-refractivity contribution < 1.29 is 4.92 Å². The van der Waals surface area contributed by atoms with Crippen molar-refractivity contribution in [2.24, 2.45) is 0 Å². The highest BCUT2D eigenvalue weighted by molar-refractivity contribution is 5.94. The third-order valence-electron chi connectivity index (χ3n) is 3.02. The van der Waals surface area contributed by atoms with Crippen molar-refractivity contribution in [1.29, 1.82) is 5.26 Å². The van der Waals surface area contributed by atoms with Crippen LogP contribution in [0.25, 0.3) is 22.2 Å². The third-order valence-corrected chi connectivity index (χ3v) is 3.02. The Morgan fingerprint density at radius 3 is 2.85 bits per heavy atom. The van der Waals surface area contributed by atoms with Crippen LogP contribution in [0.15, 0.2) is 42.5 Å². The summed E-state index contributed by atoms with van der Waals surface area (Å²) < 4.78 is 0. The lowest BCUT2D eigenvalue weighted by atomic mass is 10.1. The lowest BCUT2D eigenvalue weighted by Gasteiger charge is -1.98. The van der Waals surface area contributed by atoms with Crippen molar-refractivity contribution >= 4 is 16.6 Å². The zero-order chi connectivity index (χ0) is 14.1. The van der Waals surface area contributed by atoms with Gasteiger partial charge in [-0.2, -0.15) is 10.4 Å². The van der Waals surface area contributed by atoms with Crippen molar-refractivity contribution in [2.45, 2.75) is 0 Å². The van der Waals surface area contributed by atoms with E-state index in [1.54, 1.807) is 24.3 Å². The lowest BCUT2D eigenvalue weighted by molar-refractivity contribution is -0.384. The van der Waals surface area contributed by atoms with Crippen LogP contribution in [-0.2, 0) is 0 Å². The largest absolute Gasteiger partial charge is 0.277 e. The van der Waals surface area contributed by atoms with Crippen LogP contribution in [0, 0.1) is 21.4 Å². The second-order valence-electron chi connectivity index (χ2n) is 4.25. The van der Waals surface area contributed by atoms with Crippen molar-refractivity contribution in [2.75, 3.05) is 0 Å². The summed E-state index contributed by atoms with van der Waals surface area (Å²) in [5, 5.41) is 27.4. The summed E-state index contributed by atoms with van der Waals surface area (Å²) in [5.41, 5.74) is 2.59. The van der Waals surface area contributed by atoms with E-state index in [2.05, 4.69) is 16.3 Å². The summed E-state index contributed by atoms with van der Waals surface area (Å²) in [6.07, 6.45) is 0. The number of fused-ring (bicyclic) bond motifs is 1. The molecule has 1 aromatic heterocycles. The SMILES string of the molecule is N#Cc1cccc(-c2n[nH]c3ccc([N+](=O)[O-])cc23)c1. The molecule has 0 unspecified atom stereocenters. The average Bonchev–Trinajstić information content (AvgIpc) is 2.90. The number of rotatable bonds is 2. The van der Waals surface area contributed by atoms with Gasteiger partial charge in [-0.15, -0.1) is 0 Å². The summed E-state index contributed by atoms with van der Waals surface area (Å²) >= 11 is 0. The quantitative estimate of drug-likeness (QED) is 0.568. The van der Waals surface area contributed by atoms with Crippen molar-refractivity contribution in [3.8, 4) is 17.3 Å². The predicted molar refractivity (Wildman–Crippen MR) is 72.9 cm³/mol. The van der Waals surface area contributed by atoms with Gasteiger partial charge >= 0.3 is 0 Å². The van der Waals surface area contributed by atoms with Crippen molar-refractivity contribution in [3.63, 3.8) is 0 Å². The zero-order valence-electron chi connectivity index (χ0n) is 10.2. The van der Waals surface area contributed by atoms with Gasteiger partial charge < -0.3 is 0 Å². The van der Waals surface area contributed by atoms with E-state index in [4.69, 9.17) is 5.26 Å². The molecule has 3 aromatic rings. The number of hydrogen-bond acceptors (Lipinski definition) is 4. The monoisotopic (exact) mass is 264 g/mol. The number of nitro benzene ring substituents is 1. The molecule has 0 fully saturated rings. The van der Waals surface area contributed by atoms with Gasteiger partial charge in [0.2, 0.25) is 0 Å². The molecule has 20 heavy (non-hydrogen) atoms. The summed E-state index contributed by atoms with van der Waals surface area (Å²) in [6.45, 7) is 0. The first-order valence-corrected chi connectivity index (χ1v) is 5.82. The molecule has 0 saturated carbocycles. The fraction of sp³-hybridized carbons (Fsp3) is 0. The van der Waals surface area contributed by atoms with Crippen LogP contribution < -0.4 is 0 Å². The molecule has 96 valence electrons. The van der Waals surface area contributed by atoms with Crippen LogP contribution in [0.4, 0.5) is 5.69 Å². The van der Waals surface area contributed by atoms with Gasteiger partial charge in [0, 0.05) is 23.1 Å². The van der Waals surface area contributed by atoms with Crippen LogP contribution >= 0.6 is 0 Å². The standard InChI is InChI=1S/C14H8N4O2/c15-8-9-2-1-3-10(6-9)14-12-7-11(18(19)20)4-5-13(12)16-17-14/h1-7H,(H,16,17). The van der Waals surface area contributed by atoms with E-state index < -0.39 is 4.92 Å². The molecule has 0 spiro atoms. The Bertz CT molecular complexity index is 861. The number of aromatic amines is 1. The van der Waals surface area contributed by atoms with E-state index >= 15 is 0 Å². The maximum atomic E-state index is 10.8. The summed E-state index contributed by atoms with van der Waals surface area (Å²) in [7, 11) is 0. The molecule has 1 N–H and O–H groups in total. The molecular weight excluding hydrogens is 256 g/mol. The molecular formula is C14H8N4O2. The van der Waals surface area contributed by atoms with E-state index in [0.29, 0.717) is 22.2 Å². The van der Waals surface area contributed by atoms with Gasteiger partial charge in [0.05, 0.1) is 22.1 Å². The van der Waals surface area contributed by atoms with Crippen LogP contribution in [-0.4, -0.2) is 15.1 Å². The number of nitrogens with one attached hydrogen (secondary N) is 1. The normalized spacial score (nSPS) is 10.3. The number of nitriles is 1. The minimum absolute atomic E-state index is 0.0107. The molecule has 2 aromatic carbocycles.